The molecule has 0 aromatic rings. The van der Waals surface area contributed by atoms with Gasteiger partial charge in [-0.15, -0.1) is 11.6 Å². The van der Waals surface area contributed by atoms with Gasteiger partial charge >= 0.3 is 0 Å². The summed E-state index contributed by atoms with van der Waals surface area (Å²) in [6.07, 6.45) is 6.00. The van der Waals surface area contributed by atoms with Crippen molar-refractivity contribution >= 4 is 11.6 Å². The number of rotatable bonds is 7. The maximum Gasteiger partial charge on any atom is 0.0703 e. The first-order valence-electron chi connectivity index (χ1n) is 5.04. The van der Waals surface area contributed by atoms with E-state index < -0.39 is 0 Å². The van der Waals surface area contributed by atoms with Gasteiger partial charge in [0, 0.05) is 0 Å². The summed E-state index contributed by atoms with van der Waals surface area (Å²) in [5.74, 6) is 0. The normalized spacial score (nSPS) is 16.0. The van der Waals surface area contributed by atoms with Gasteiger partial charge in [-0.05, 0) is 12.8 Å². The van der Waals surface area contributed by atoms with Crippen molar-refractivity contribution in [2.24, 2.45) is 0 Å². The van der Waals surface area contributed by atoms with Crippen LogP contribution in [-0.2, 0) is 0 Å². The Morgan fingerprint density at radius 3 is 2.08 bits per heavy atom. The van der Waals surface area contributed by atoms with E-state index >= 15 is 0 Å². The molecule has 0 radical (unpaired) electrons. The van der Waals surface area contributed by atoms with Gasteiger partial charge in [-0.25, -0.2) is 0 Å². The van der Waals surface area contributed by atoms with Crippen molar-refractivity contribution in [2.45, 2.75) is 63.9 Å². The molecule has 0 amide bonds. The molecule has 0 aliphatic rings. The van der Waals surface area contributed by atoms with E-state index in [1.807, 2.05) is 0 Å². The second kappa shape index (κ2) is 7.88. The van der Waals surface area contributed by atoms with Gasteiger partial charge in [0.2, 0.25) is 0 Å². The molecule has 0 aromatic heterocycles. The summed E-state index contributed by atoms with van der Waals surface area (Å²) in [4.78, 5) is 0. The fraction of sp³-hybridized carbons (Fsp3) is 1.00. The minimum atomic E-state index is -0.293. The zero-order chi connectivity index (χ0) is 9.40. The Morgan fingerprint density at radius 2 is 1.58 bits per heavy atom. The van der Waals surface area contributed by atoms with Gasteiger partial charge in [-0.1, -0.05) is 39.5 Å². The van der Waals surface area contributed by atoms with Crippen LogP contribution < -0.4 is 0 Å². The van der Waals surface area contributed by atoms with Crippen LogP contribution in [0.5, 0.6) is 0 Å². The Bertz CT molecular complexity index is 83.8. The lowest BCUT2D eigenvalue weighted by atomic mass is 10.1. The summed E-state index contributed by atoms with van der Waals surface area (Å²) < 4.78 is 0. The molecule has 0 aliphatic heterocycles. The number of aliphatic hydroxyl groups is 1. The third-order valence-corrected chi connectivity index (χ3v) is 2.61. The van der Waals surface area contributed by atoms with Crippen molar-refractivity contribution in [1.82, 2.24) is 0 Å². The number of hydrogen-bond acceptors (Lipinski definition) is 1. The second-order valence-corrected chi connectivity index (χ2v) is 3.93. The average molecular weight is 193 g/mol. The molecule has 0 aromatic carbocycles. The van der Waals surface area contributed by atoms with Crippen LogP contribution >= 0.6 is 11.6 Å². The standard InChI is InChI=1S/C10H21ClO/c1-3-5-7-9(11)10(12)8-6-4-2/h9-10,12H,3-8H2,1-2H3/t9-,10+/m1/s1. The van der Waals surface area contributed by atoms with Gasteiger partial charge in [0.05, 0.1) is 11.5 Å². The first-order chi connectivity index (χ1) is 5.72. The summed E-state index contributed by atoms with van der Waals surface area (Å²) in [7, 11) is 0. The summed E-state index contributed by atoms with van der Waals surface area (Å²) >= 11 is 6.00. The fourth-order valence-electron chi connectivity index (χ4n) is 1.19. The molecule has 0 saturated carbocycles. The molecule has 2 heteroatoms. The molecule has 0 spiro atoms. The van der Waals surface area contributed by atoms with Crippen molar-refractivity contribution in [3.8, 4) is 0 Å². The van der Waals surface area contributed by atoms with E-state index in [1.165, 1.54) is 0 Å². The Labute approximate surface area is 81.1 Å². The summed E-state index contributed by atoms with van der Waals surface area (Å²) in [6, 6.07) is 0. The molecule has 0 bridgehead atoms. The van der Waals surface area contributed by atoms with Gasteiger partial charge in [0.15, 0.2) is 0 Å². The quantitative estimate of drug-likeness (QED) is 0.614. The molecule has 74 valence electrons. The van der Waals surface area contributed by atoms with Gasteiger partial charge in [-0.2, -0.15) is 0 Å². The lowest BCUT2D eigenvalue weighted by Crippen LogP contribution is -2.20. The number of unbranched alkanes of at least 4 members (excludes halogenated alkanes) is 2. The van der Waals surface area contributed by atoms with Crippen LogP contribution in [0.1, 0.15) is 52.4 Å². The molecular weight excluding hydrogens is 172 g/mol. The molecule has 2 atom stereocenters. The predicted octanol–water partition coefficient (Wildman–Crippen LogP) is 3.34. The SMILES string of the molecule is CCCC[C@@H](Cl)[C@@H](O)CCCC. The average Bonchev–Trinajstić information content (AvgIpc) is 2.10. The van der Waals surface area contributed by atoms with Gasteiger partial charge in [0.1, 0.15) is 0 Å². The molecule has 1 N–H and O–H groups in total. The zero-order valence-corrected chi connectivity index (χ0v) is 8.98. The number of alkyl halides is 1. The van der Waals surface area contributed by atoms with Crippen molar-refractivity contribution in [3.05, 3.63) is 0 Å². The van der Waals surface area contributed by atoms with Gasteiger partial charge in [0.25, 0.3) is 0 Å². The third kappa shape index (κ3) is 5.84. The van der Waals surface area contributed by atoms with Crippen molar-refractivity contribution < 1.29 is 5.11 Å². The van der Waals surface area contributed by atoms with Crippen LogP contribution in [0.2, 0.25) is 0 Å². The second-order valence-electron chi connectivity index (χ2n) is 3.37. The molecule has 0 fully saturated rings. The summed E-state index contributed by atoms with van der Waals surface area (Å²) in [6.45, 7) is 4.27. The highest BCUT2D eigenvalue weighted by molar-refractivity contribution is 6.21. The Morgan fingerprint density at radius 1 is 1.08 bits per heavy atom. The van der Waals surface area contributed by atoms with Crippen LogP contribution in [0.3, 0.4) is 0 Å². The van der Waals surface area contributed by atoms with E-state index in [0.29, 0.717) is 0 Å². The molecule has 0 rings (SSSR count). The van der Waals surface area contributed by atoms with E-state index in [2.05, 4.69) is 13.8 Å². The minimum Gasteiger partial charge on any atom is -0.392 e. The summed E-state index contributed by atoms with van der Waals surface area (Å²) in [5, 5.41) is 9.51. The lowest BCUT2D eigenvalue weighted by Gasteiger charge is -2.15. The number of hydrogen-bond donors (Lipinski definition) is 1. The monoisotopic (exact) mass is 192 g/mol. The van der Waals surface area contributed by atoms with Crippen molar-refractivity contribution in [1.29, 1.82) is 0 Å². The van der Waals surface area contributed by atoms with Crippen LogP contribution in [0.4, 0.5) is 0 Å². The van der Waals surface area contributed by atoms with Crippen LogP contribution in [0.25, 0.3) is 0 Å². The fourth-order valence-corrected chi connectivity index (χ4v) is 1.47. The Kier molecular flexibility index (Phi) is 8.04. The molecule has 0 aliphatic carbocycles. The molecule has 12 heavy (non-hydrogen) atoms. The highest BCUT2D eigenvalue weighted by atomic mass is 35.5. The highest BCUT2D eigenvalue weighted by Gasteiger charge is 2.14. The smallest absolute Gasteiger partial charge is 0.0703 e. The minimum absolute atomic E-state index is 0.0310. The topological polar surface area (TPSA) is 20.2 Å². The lowest BCUT2D eigenvalue weighted by molar-refractivity contribution is 0.152. The largest absolute Gasteiger partial charge is 0.392 e. The highest BCUT2D eigenvalue weighted by Crippen LogP contribution is 2.15. The van der Waals surface area contributed by atoms with E-state index in [9.17, 15) is 5.11 Å². The van der Waals surface area contributed by atoms with Gasteiger partial charge in [-0.3, -0.25) is 0 Å². The van der Waals surface area contributed by atoms with E-state index in [4.69, 9.17) is 11.6 Å². The third-order valence-electron chi connectivity index (χ3n) is 2.10. The van der Waals surface area contributed by atoms with Crippen LogP contribution in [0.15, 0.2) is 0 Å². The van der Waals surface area contributed by atoms with E-state index in [0.717, 1.165) is 38.5 Å². The molecular formula is C10H21ClO. The number of aliphatic hydroxyl groups excluding tert-OH is 1. The van der Waals surface area contributed by atoms with Crippen molar-refractivity contribution in [3.63, 3.8) is 0 Å². The van der Waals surface area contributed by atoms with Crippen LogP contribution in [-0.4, -0.2) is 16.6 Å². The molecule has 0 saturated heterocycles. The van der Waals surface area contributed by atoms with Crippen molar-refractivity contribution in [2.75, 3.05) is 0 Å². The van der Waals surface area contributed by atoms with Gasteiger partial charge < -0.3 is 5.11 Å². The predicted molar refractivity (Wildman–Crippen MR) is 54.7 cm³/mol. The maximum absolute atomic E-state index is 9.54. The first-order valence-corrected chi connectivity index (χ1v) is 5.48. The molecule has 1 nitrogen and oxygen atoms in total. The molecule has 0 heterocycles. The van der Waals surface area contributed by atoms with Crippen LogP contribution in [0, 0.1) is 0 Å². The first kappa shape index (κ1) is 12.2. The summed E-state index contributed by atoms with van der Waals surface area (Å²) in [5.41, 5.74) is 0. The number of halogens is 1. The molecule has 0 unspecified atom stereocenters. The zero-order valence-electron chi connectivity index (χ0n) is 8.22. The van der Waals surface area contributed by atoms with E-state index in [1.54, 1.807) is 0 Å². The maximum atomic E-state index is 9.54. The Hall–Kier alpha value is 0.250. The van der Waals surface area contributed by atoms with E-state index in [-0.39, 0.29) is 11.5 Å². The Balaban J connectivity index is 3.39.